The molecular weight excluding hydrogens is 931 g/mol. The molecule has 0 aromatic carbocycles. The second-order valence-corrected chi connectivity index (χ2v) is 22.5. The van der Waals surface area contributed by atoms with Gasteiger partial charge in [-0.3, -0.25) is 9.59 Å². The number of unbranched alkanes of at least 4 members (excludes halogenated alkanes) is 42. The fourth-order valence-electron chi connectivity index (χ4n) is 10.3. The summed E-state index contributed by atoms with van der Waals surface area (Å²) in [6.07, 6.45) is 53.3. The number of aliphatic hydroxyl groups is 5. The van der Waals surface area contributed by atoms with E-state index in [-0.39, 0.29) is 18.5 Å². The molecule has 1 fully saturated rings. The zero-order valence-corrected chi connectivity index (χ0v) is 48.3. The normalized spacial score (nSPS) is 18.8. The zero-order valence-electron chi connectivity index (χ0n) is 48.3. The van der Waals surface area contributed by atoms with Crippen molar-refractivity contribution in [1.29, 1.82) is 0 Å². The molecule has 7 atom stereocenters. The summed E-state index contributed by atoms with van der Waals surface area (Å²) < 4.78 is 16.7. The van der Waals surface area contributed by atoms with Gasteiger partial charge in [0, 0.05) is 12.8 Å². The van der Waals surface area contributed by atoms with Gasteiger partial charge in [-0.25, -0.2) is 0 Å². The van der Waals surface area contributed by atoms with E-state index in [1.54, 1.807) is 6.08 Å². The Hall–Kier alpha value is -1.60. The highest BCUT2D eigenvalue weighted by atomic mass is 16.7. The first-order valence-corrected chi connectivity index (χ1v) is 32.0. The van der Waals surface area contributed by atoms with E-state index in [9.17, 15) is 35.1 Å². The summed E-state index contributed by atoms with van der Waals surface area (Å²) in [7, 11) is 0. The van der Waals surface area contributed by atoms with Gasteiger partial charge in [0.25, 0.3) is 0 Å². The number of nitrogens with one attached hydrogen (secondary N) is 1. The molecule has 1 amide bonds. The number of carbonyl (C=O) groups is 2. The maximum absolute atomic E-state index is 13.0. The van der Waals surface area contributed by atoms with Crippen LogP contribution in [0, 0.1) is 0 Å². The van der Waals surface area contributed by atoms with Gasteiger partial charge in [-0.2, -0.15) is 0 Å². The molecule has 7 unspecified atom stereocenters. The second kappa shape index (κ2) is 53.4. The van der Waals surface area contributed by atoms with Gasteiger partial charge in [0.15, 0.2) is 6.29 Å². The second-order valence-electron chi connectivity index (χ2n) is 22.5. The van der Waals surface area contributed by atoms with E-state index in [1.165, 1.54) is 225 Å². The van der Waals surface area contributed by atoms with Crippen molar-refractivity contribution in [2.24, 2.45) is 0 Å². The van der Waals surface area contributed by atoms with Crippen molar-refractivity contribution in [2.45, 2.75) is 358 Å². The van der Waals surface area contributed by atoms with Gasteiger partial charge in [0.05, 0.1) is 32.0 Å². The van der Waals surface area contributed by atoms with Crippen molar-refractivity contribution in [2.75, 3.05) is 19.8 Å². The average Bonchev–Trinajstić information content (AvgIpc) is 3.40. The molecule has 1 heterocycles. The zero-order chi connectivity index (χ0) is 53.8. The van der Waals surface area contributed by atoms with Crippen molar-refractivity contribution < 1.29 is 49.3 Å². The highest BCUT2D eigenvalue weighted by Gasteiger charge is 2.44. The largest absolute Gasteiger partial charge is 0.466 e. The van der Waals surface area contributed by atoms with Crippen LogP contribution in [0.5, 0.6) is 0 Å². The van der Waals surface area contributed by atoms with Crippen LogP contribution in [0.4, 0.5) is 0 Å². The van der Waals surface area contributed by atoms with Crippen molar-refractivity contribution in [3.05, 3.63) is 12.2 Å². The Bertz CT molecular complexity index is 1240. The summed E-state index contributed by atoms with van der Waals surface area (Å²) >= 11 is 0. The third-order valence-electron chi connectivity index (χ3n) is 15.4. The molecule has 0 aromatic rings. The molecule has 1 rings (SSSR count). The van der Waals surface area contributed by atoms with E-state index in [4.69, 9.17) is 14.2 Å². The first-order valence-electron chi connectivity index (χ1n) is 32.0. The number of amides is 1. The molecule has 0 radical (unpaired) electrons. The molecule has 438 valence electrons. The van der Waals surface area contributed by atoms with Crippen LogP contribution in [0.2, 0.25) is 0 Å². The number of hydrogen-bond acceptors (Lipinski definition) is 10. The van der Waals surface area contributed by atoms with Gasteiger partial charge in [-0.1, -0.05) is 283 Å². The van der Waals surface area contributed by atoms with E-state index >= 15 is 0 Å². The van der Waals surface area contributed by atoms with E-state index in [0.717, 1.165) is 64.2 Å². The molecule has 0 saturated carbocycles. The van der Waals surface area contributed by atoms with Gasteiger partial charge in [0.1, 0.15) is 24.4 Å². The summed E-state index contributed by atoms with van der Waals surface area (Å²) in [5.74, 6) is -0.189. The maximum Gasteiger partial charge on any atom is 0.305 e. The number of ether oxygens (including phenoxy) is 3. The van der Waals surface area contributed by atoms with Crippen molar-refractivity contribution in [3.63, 3.8) is 0 Å². The molecule has 1 aliphatic heterocycles. The Kier molecular flexibility index (Phi) is 50.8. The van der Waals surface area contributed by atoms with Crippen LogP contribution in [0.3, 0.4) is 0 Å². The lowest BCUT2D eigenvalue weighted by atomic mass is 9.99. The summed E-state index contributed by atoms with van der Waals surface area (Å²) in [4.78, 5) is 25.1. The summed E-state index contributed by atoms with van der Waals surface area (Å²) in [6.45, 7) is 4.33. The molecule has 6 N–H and O–H groups in total. The van der Waals surface area contributed by atoms with E-state index in [2.05, 4.69) is 19.2 Å². The molecule has 1 saturated heterocycles. The fourth-order valence-corrected chi connectivity index (χ4v) is 10.3. The third-order valence-corrected chi connectivity index (χ3v) is 15.4. The number of carbonyl (C=O) groups excluding carboxylic acids is 2. The summed E-state index contributed by atoms with van der Waals surface area (Å²) in [5.41, 5.74) is 0. The molecule has 0 spiro atoms. The van der Waals surface area contributed by atoms with E-state index in [0.29, 0.717) is 19.4 Å². The minimum atomic E-state index is -1.57. The van der Waals surface area contributed by atoms with E-state index < -0.39 is 49.5 Å². The lowest BCUT2D eigenvalue weighted by molar-refractivity contribution is -0.302. The number of aliphatic hydroxyl groups excluding tert-OH is 5. The molecular formula is C63H121NO10. The maximum atomic E-state index is 13.0. The minimum absolute atomic E-state index is 0.00316. The summed E-state index contributed by atoms with van der Waals surface area (Å²) in [5, 5.41) is 54.2. The molecule has 0 bridgehead atoms. The number of esters is 1. The number of allylic oxidation sites excluding steroid dienone is 1. The van der Waals surface area contributed by atoms with Gasteiger partial charge in [0.2, 0.25) is 5.91 Å². The first-order chi connectivity index (χ1) is 36.2. The van der Waals surface area contributed by atoms with E-state index in [1.807, 2.05) is 6.08 Å². The molecule has 0 aliphatic carbocycles. The molecule has 11 nitrogen and oxygen atoms in total. The van der Waals surface area contributed by atoms with Crippen LogP contribution >= 0.6 is 0 Å². The highest BCUT2D eigenvalue weighted by Crippen LogP contribution is 2.23. The van der Waals surface area contributed by atoms with Crippen molar-refractivity contribution in [3.8, 4) is 0 Å². The molecule has 11 heteroatoms. The molecule has 1 aliphatic rings. The predicted molar refractivity (Wildman–Crippen MR) is 306 cm³/mol. The Morgan fingerprint density at radius 1 is 0.486 bits per heavy atom. The third kappa shape index (κ3) is 42.4. The monoisotopic (exact) mass is 1050 g/mol. The minimum Gasteiger partial charge on any atom is -0.466 e. The fraction of sp³-hybridized carbons (Fsp3) is 0.937. The molecule has 0 aromatic heterocycles. The van der Waals surface area contributed by atoms with Crippen molar-refractivity contribution >= 4 is 11.9 Å². The van der Waals surface area contributed by atoms with Gasteiger partial charge < -0.3 is 45.1 Å². The summed E-state index contributed by atoms with van der Waals surface area (Å²) in [6, 6.07) is -0.811. The Balaban J connectivity index is 1.97. The molecule has 74 heavy (non-hydrogen) atoms. The van der Waals surface area contributed by atoms with Crippen LogP contribution in [0.25, 0.3) is 0 Å². The topological polar surface area (TPSA) is 175 Å². The van der Waals surface area contributed by atoms with Gasteiger partial charge in [-0.15, -0.1) is 0 Å². The smallest absolute Gasteiger partial charge is 0.305 e. The number of hydrogen-bond donors (Lipinski definition) is 6. The average molecular weight is 1050 g/mol. The van der Waals surface area contributed by atoms with Crippen LogP contribution in [0.15, 0.2) is 12.2 Å². The van der Waals surface area contributed by atoms with Crippen LogP contribution in [-0.4, -0.2) is 100 Å². The Morgan fingerprint density at radius 3 is 1.26 bits per heavy atom. The lowest BCUT2D eigenvalue weighted by Gasteiger charge is -2.40. The highest BCUT2D eigenvalue weighted by molar-refractivity contribution is 5.76. The first kappa shape index (κ1) is 70.4. The standard InChI is InChI=1S/C63H121NO10/c1-3-5-7-9-11-13-14-15-16-17-18-22-25-28-31-35-39-43-47-51-59(68)72-52-48-44-40-36-32-29-26-23-20-19-21-24-27-30-34-38-42-46-50-58(67)64-55(56(66)49-45-41-37-33-12-10-8-6-4-2)54-73-63-62(71)61(70)60(69)57(53-65)74-63/h45,49,55-57,60-63,65-66,69-71H,3-44,46-48,50-54H2,1-2H3,(H,64,67)/b49-45+. The van der Waals surface area contributed by atoms with Crippen LogP contribution in [0.1, 0.15) is 316 Å². The number of rotatable bonds is 56. The quantitative estimate of drug-likeness (QED) is 0.0195. The SMILES string of the molecule is CCCCCCCCC/C=C/C(O)C(COC1OC(CO)C(O)C(O)C1O)NC(=O)CCCCCCCCCCCCCCCCCCCCOC(=O)CCCCCCCCCCCCCCCCCCCCC. The lowest BCUT2D eigenvalue weighted by Crippen LogP contribution is -2.60. The Morgan fingerprint density at radius 2 is 0.851 bits per heavy atom. The van der Waals surface area contributed by atoms with Crippen molar-refractivity contribution in [1.82, 2.24) is 5.32 Å². The van der Waals surface area contributed by atoms with Gasteiger partial charge >= 0.3 is 5.97 Å². The predicted octanol–water partition coefficient (Wildman–Crippen LogP) is 15.1. The Labute approximate surface area is 455 Å². The van der Waals surface area contributed by atoms with Crippen LogP contribution in [-0.2, 0) is 23.8 Å². The van der Waals surface area contributed by atoms with Crippen LogP contribution < -0.4 is 5.32 Å². The van der Waals surface area contributed by atoms with Gasteiger partial charge in [-0.05, 0) is 32.1 Å².